The third-order valence-corrected chi connectivity index (χ3v) is 6.11. The molecule has 0 saturated heterocycles. The van der Waals surface area contributed by atoms with Crippen molar-refractivity contribution in [2.24, 2.45) is 5.92 Å². The normalized spacial score (nSPS) is 19.8. The fourth-order valence-electron chi connectivity index (χ4n) is 4.18. The largest absolute Gasteiger partial charge is 0.619 e. The van der Waals surface area contributed by atoms with Gasteiger partial charge in [0.25, 0.3) is 0 Å². The topological polar surface area (TPSA) is 89.4 Å². The summed E-state index contributed by atoms with van der Waals surface area (Å²) in [5, 5.41) is 28.8. The van der Waals surface area contributed by atoms with Gasteiger partial charge in [0.05, 0.1) is 10.7 Å². The van der Waals surface area contributed by atoms with Gasteiger partial charge in [-0.05, 0) is 47.2 Å². The van der Waals surface area contributed by atoms with Gasteiger partial charge in [-0.1, -0.05) is 12.8 Å². The molecule has 28 heavy (non-hydrogen) atoms. The number of rotatable bonds is 6. The van der Waals surface area contributed by atoms with E-state index >= 15 is 0 Å². The summed E-state index contributed by atoms with van der Waals surface area (Å²) in [5.74, 6) is 1.64. The second-order valence-electron chi connectivity index (χ2n) is 7.38. The predicted octanol–water partition coefficient (Wildman–Crippen LogP) is 3.39. The summed E-state index contributed by atoms with van der Waals surface area (Å²) in [6, 6.07) is 5.72. The van der Waals surface area contributed by atoms with Crippen LogP contribution in [0.15, 0.2) is 41.3 Å². The summed E-state index contributed by atoms with van der Waals surface area (Å²) in [5.41, 5.74) is 2.72. The SMILES string of the molecule is [O-][n+]1cccc(CNc2cc(C3CCCCC3CCO)nc3c(Br)cnn23)c1. The third-order valence-electron chi connectivity index (χ3n) is 5.55. The number of hydrogen-bond acceptors (Lipinski definition) is 5. The first-order valence-electron chi connectivity index (χ1n) is 9.72. The van der Waals surface area contributed by atoms with Gasteiger partial charge in [-0.2, -0.15) is 14.3 Å². The van der Waals surface area contributed by atoms with Gasteiger partial charge in [-0.15, -0.1) is 0 Å². The molecule has 0 spiro atoms. The molecular formula is C20H24BrN5O2. The van der Waals surface area contributed by atoms with Crippen molar-refractivity contribution in [3.63, 3.8) is 0 Å². The van der Waals surface area contributed by atoms with Gasteiger partial charge < -0.3 is 15.6 Å². The number of aliphatic hydroxyl groups is 1. The zero-order valence-corrected chi connectivity index (χ0v) is 17.2. The lowest BCUT2D eigenvalue weighted by atomic mass is 9.76. The number of nitrogens with zero attached hydrogens (tertiary/aromatic N) is 4. The highest BCUT2D eigenvalue weighted by atomic mass is 79.9. The molecule has 2 atom stereocenters. The molecule has 0 aromatic carbocycles. The highest BCUT2D eigenvalue weighted by Crippen LogP contribution is 2.40. The fraction of sp³-hybridized carbons (Fsp3) is 0.450. The number of pyridine rings is 1. The van der Waals surface area contributed by atoms with Crippen LogP contribution in [-0.4, -0.2) is 26.3 Å². The molecule has 3 heterocycles. The Hall–Kier alpha value is -2.19. The Morgan fingerprint density at radius 3 is 3.04 bits per heavy atom. The van der Waals surface area contributed by atoms with Crippen molar-refractivity contribution in [3.8, 4) is 0 Å². The van der Waals surface area contributed by atoms with Crippen molar-refractivity contribution >= 4 is 27.4 Å². The molecule has 1 saturated carbocycles. The van der Waals surface area contributed by atoms with Gasteiger partial charge in [-0.3, -0.25) is 0 Å². The Bertz CT molecular complexity index is 959. The average Bonchev–Trinajstić information content (AvgIpc) is 3.08. The first kappa shape index (κ1) is 19.1. The van der Waals surface area contributed by atoms with Crippen LogP contribution >= 0.6 is 15.9 Å². The van der Waals surface area contributed by atoms with Crippen LogP contribution in [0.2, 0.25) is 0 Å². The Labute approximate surface area is 172 Å². The molecule has 3 aromatic heterocycles. The first-order chi connectivity index (χ1) is 13.7. The highest BCUT2D eigenvalue weighted by Gasteiger charge is 2.28. The number of fused-ring (bicyclic) bond motifs is 1. The minimum Gasteiger partial charge on any atom is -0.619 e. The number of aromatic nitrogens is 4. The Kier molecular flexibility index (Phi) is 5.77. The minimum absolute atomic E-state index is 0.216. The number of hydrogen-bond donors (Lipinski definition) is 2. The lowest BCUT2D eigenvalue weighted by Crippen LogP contribution is -2.25. The van der Waals surface area contributed by atoms with Crippen LogP contribution in [0.3, 0.4) is 0 Å². The van der Waals surface area contributed by atoms with E-state index in [0.29, 0.717) is 18.4 Å². The summed E-state index contributed by atoms with van der Waals surface area (Å²) in [6.45, 7) is 0.734. The molecule has 1 fully saturated rings. The van der Waals surface area contributed by atoms with E-state index in [9.17, 15) is 10.3 Å². The Balaban J connectivity index is 1.67. The van der Waals surface area contributed by atoms with Crippen LogP contribution in [0, 0.1) is 11.1 Å². The van der Waals surface area contributed by atoms with Crippen LogP contribution in [-0.2, 0) is 6.54 Å². The first-order valence-corrected chi connectivity index (χ1v) is 10.5. The van der Waals surface area contributed by atoms with Crippen molar-refractivity contribution in [1.29, 1.82) is 0 Å². The molecule has 1 aliphatic carbocycles. The van der Waals surface area contributed by atoms with E-state index in [4.69, 9.17) is 4.98 Å². The predicted molar refractivity (Wildman–Crippen MR) is 110 cm³/mol. The quantitative estimate of drug-likeness (QED) is 0.448. The van der Waals surface area contributed by atoms with Crippen LogP contribution in [0.25, 0.3) is 5.65 Å². The number of halogens is 1. The molecule has 0 amide bonds. The van der Waals surface area contributed by atoms with E-state index in [1.165, 1.54) is 19.0 Å². The van der Waals surface area contributed by atoms with E-state index in [1.807, 2.05) is 6.07 Å². The fourth-order valence-corrected chi connectivity index (χ4v) is 4.53. The molecule has 2 unspecified atom stereocenters. The Morgan fingerprint density at radius 1 is 1.36 bits per heavy atom. The van der Waals surface area contributed by atoms with E-state index in [-0.39, 0.29) is 6.61 Å². The van der Waals surface area contributed by atoms with E-state index in [1.54, 1.807) is 23.0 Å². The van der Waals surface area contributed by atoms with E-state index in [0.717, 1.165) is 51.2 Å². The van der Waals surface area contributed by atoms with Gasteiger partial charge >= 0.3 is 0 Å². The maximum absolute atomic E-state index is 11.5. The van der Waals surface area contributed by atoms with Crippen LogP contribution in [0.1, 0.15) is 49.3 Å². The summed E-state index contributed by atoms with van der Waals surface area (Å²) < 4.78 is 3.44. The maximum atomic E-state index is 11.5. The summed E-state index contributed by atoms with van der Waals surface area (Å²) in [7, 11) is 0. The Morgan fingerprint density at radius 2 is 2.21 bits per heavy atom. The number of aliphatic hydroxyl groups excluding tert-OH is 1. The lowest BCUT2D eigenvalue weighted by Gasteiger charge is -2.31. The van der Waals surface area contributed by atoms with Crippen molar-refractivity contribution in [2.45, 2.75) is 44.6 Å². The summed E-state index contributed by atoms with van der Waals surface area (Å²) >= 11 is 3.55. The van der Waals surface area contributed by atoms with Gasteiger partial charge in [0.1, 0.15) is 5.82 Å². The maximum Gasteiger partial charge on any atom is 0.185 e. The van der Waals surface area contributed by atoms with Crippen molar-refractivity contribution in [1.82, 2.24) is 14.6 Å². The molecule has 0 radical (unpaired) electrons. The molecule has 8 heteroatoms. The van der Waals surface area contributed by atoms with Crippen LogP contribution < -0.4 is 10.0 Å². The summed E-state index contributed by atoms with van der Waals surface area (Å²) in [4.78, 5) is 4.90. The lowest BCUT2D eigenvalue weighted by molar-refractivity contribution is -0.605. The molecule has 0 aliphatic heterocycles. The molecule has 2 N–H and O–H groups in total. The molecule has 148 valence electrons. The van der Waals surface area contributed by atoms with Crippen molar-refractivity contribution < 1.29 is 9.84 Å². The number of nitrogens with one attached hydrogen (secondary N) is 1. The zero-order valence-electron chi connectivity index (χ0n) is 15.6. The van der Waals surface area contributed by atoms with Crippen LogP contribution in [0.4, 0.5) is 5.82 Å². The molecular weight excluding hydrogens is 422 g/mol. The summed E-state index contributed by atoms with van der Waals surface area (Å²) in [6.07, 6.45) is 10.2. The number of anilines is 1. The highest BCUT2D eigenvalue weighted by molar-refractivity contribution is 9.10. The van der Waals surface area contributed by atoms with Crippen molar-refractivity contribution in [3.05, 3.63) is 57.7 Å². The van der Waals surface area contributed by atoms with Crippen LogP contribution in [0.5, 0.6) is 0 Å². The van der Waals surface area contributed by atoms with E-state index in [2.05, 4.69) is 32.4 Å². The van der Waals surface area contributed by atoms with Crippen molar-refractivity contribution in [2.75, 3.05) is 11.9 Å². The molecule has 7 nitrogen and oxygen atoms in total. The van der Waals surface area contributed by atoms with E-state index < -0.39 is 0 Å². The third kappa shape index (κ3) is 3.98. The smallest absolute Gasteiger partial charge is 0.185 e. The van der Waals surface area contributed by atoms with Gasteiger partial charge in [0.2, 0.25) is 0 Å². The van der Waals surface area contributed by atoms with Gasteiger partial charge in [-0.25, -0.2) is 4.98 Å². The molecule has 0 bridgehead atoms. The monoisotopic (exact) mass is 445 g/mol. The van der Waals surface area contributed by atoms with Gasteiger partial charge in [0, 0.05) is 42.5 Å². The van der Waals surface area contributed by atoms with Gasteiger partial charge in [0.15, 0.2) is 18.0 Å². The molecule has 3 aromatic rings. The second-order valence-corrected chi connectivity index (χ2v) is 8.24. The minimum atomic E-state index is 0.216. The molecule has 4 rings (SSSR count). The standard InChI is InChI=1S/C20H24BrN5O2/c21-17-12-23-26-19(22-11-14-4-3-8-25(28)13-14)10-18(24-20(17)26)16-6-2-1-5-15(16)7-9-27/h3-4,8,10,12-13,15-16,22,27H,1-2,5-7,9,11H2. The zero-order chi connectivity index (χ0) is 19.5. The average molecular weight is 446 g/mol. The molecule has 1 aliphatic rings. The second kappa shape index (κ2) is 8.45.